The summed E-state index contributed by atoms with van der Waals surface area (Å²) in [5.41, 5.74) is 0. The van der Waals surface area contributed by atoms with Crippen LogP contribution in [0.4, 0.5) is 0 Å². The van der Waals surface area contributed by atoms with Crippen LogP contribution < -0.4 is 0 Å². The van der Waals surface area contributed by atoms with Crippen LogP contribution >= 0.6 is 21.6 Å². The van der Waals surface area contributed by atoms with E-state index in [0.29, 0.717) is 30.9 Å². The molecule has 1 aromatic rings. The number of hydroxylamine groups is 2. The van der Waals surface area contributed by atoms with E-state index in [1.54, 1.807) is 27.8 Å². The van der Waals surface area contributed by atoms with Crippen LogP contribution in [0.5, 0.6) is 0 Å². The van der Waals surface area contributed by atoms with E-state index in [-0.39, 0.29) is 31.7 Å². The molecule has 1 saturated heterocycles. The van der Waals surface area contributed by atoms with Gasteiger partial charge in [-0.2, -0.15) is 0 Å². The summed E-state index contributed by atoms with van der Waals surface area (Å²) in [7, 11) is 3.15. The van der Waals surface area contributed by atoms with Crippen LogP contribution in [0.15, 0.2) is 29.4 Å². The van der Waals surface area contributed by atoms with Gasteiger partial charge in [0, 0.05) is 44.2 Å². The summed E-state index contributed by atoms with van der Waals surface area (Å²) in [4.78, 5) is 54.9. The van der Waals surface area contributed by atoms with Crippen molar-refractivity contribution in [3.63, 3.8) is 0 Å². The molecule has 1 aromatic heterocycles. The van der Waals surface area contributed by atoms with Gasteiger partial charge in [0.15, 0.2) is 0 Å². The zero-order valence-electron chi connectivity index (χ0n) is 15.3. The van der Waals surface area contributed by atoms with E-state index in [0.717, 1.165) is 10.8 Å². The predicted octanol–water partition coefficient (Wildman–Crippen LogP) is 2.58. The van der Waals surface area contributed by atoms with E-state index in [1.165, 1.54) is 0 Å². The first kappa shape index (κ1) is 22.4. The summed E-state index contributed by atoms with van der Waals surface area (Å²) < 4.78 is 5.30. The lowest BCUT2D eigenvalue weighted by Crippen LogP contribution is -2.32. The Balaban J connectivity index is 1.43. The van der Waals surface area contributed by atoms with Gasteiger partial charge in [-0.25, -0.2) is 9.78 Å². The number of rotatable bonds is 13. The quantitative estimate of drug-likeness (QED) is 0.267. The van der Waals surface area contributed by atoms with Crippen LogP contribution in [0.1, 0.15) is 38.5 Å². The topological polar surface area (TPSA) is 103 Å². The molecule has 0 bridgehead atoms. The maximum atomic E-state index is 11.8. The van der Waals surface area contributed by atoms with Crippen LogP contribution in [0.2, 0.25) is 0 Å². The van der Waals surface area contributed by atoms with Gasteiger partial charge in [0.05, 0.1) is 13.0 Å². The van der Waals surface area contributed by atoms with Gasteiger partial charge in [-0.1, -0.05) is 16.9 Å². The Kier molecular flexibility index (Phi) is 10.0. The SMILES string of the molecule is O=C(CCCOCCC(=O)ON1C(=O)CCC1=O)CCSSc1ccccn1. The number of ether oxygens (including phenoxy) is 1. The van der Waals surface area contributed by atoms with E-state index in [1.807, 2.05) is 18.2 Å². The molecule has 0 aromatic carbocycles. The largest absolute Gasteiger partial charge is 0.381 e. The molecule has 0 atom stereocenters. The Bertz CT molecular complexity index is 670. The minimum atomic E-state index is -0.692. The average molecular weight is 427 g/mol. The van der Waals surface area contributed by atoms with Crippen molar-refractivity contribution in [2.24, 2.45) is 0 Å². The highest BCUT2D eigenvalue weighted by molar-refractivity contribution is 8.76. The van der Waals surface area contributed by atoms with Gasteiger partial charge in [0.25, 0.3) is 11.8 Å². The van der Waals surface area contributed by atoms with Crippen molar-refractivity contribution in [1.29, 1.82) is 0 Å². The maximum Gasteiger partial charge on any atom is 0.335 e. The molecule has 0 radical (unpaired) electrons. The molecule has 0 unspecified atom stereocenters. The first-order valence-electron chi connectivity index (χ1n) is 8.93. The molecule has 1 aliphatic rings. The van der Waals surface area contributed by atoms with Gasteiger partial charge in [0.2, 0.25) is 0 Å². The first-order valence-corrected chi connectivity index (χ1v) is 11.2. The van der Waals surface area contributed by atoms with Crippen LogP contribution in [-0.2, 0) is 28.8 Å². The number of nitrogens with zero attached hydrogens (tertiary/aromatic N) is 2. The predicted molar refractivity (Wildman–Crippen MR) is 104 cm³/mol. The number of aromatic nitrogens is 1. The van der Waals surface area contributed by atoms with Crippen LogP contribution in [0.25, 0.3) is 0 Å². The molecule has 0 spiro atoms. The summed E-state index contributed by atoms with van der Waals surface area (Å²) >= 11 is 0. The third-order valence-corrected chi connectivity index (χ3v) is 5.91. The van der Waals surface area contributed by atoms with Crippen LogP contribution in [0.3, 0.4) is 0 Å². The number of ketones is 1. The second-order valence-electron chi connectivity index (χ2n) is 5.87. The van der Waals surface area contributed by atoms with Gasteiger partial charge in [-0.15, -0.1) is 5.06 Å². The molecule has 0 saturated carbocycles. The number of amides is 2. The summed E-state index contributed by atoms with van der Waals surface area (Å²) in [5, 5.41) is 1.44. The molecule has 2 amide bonds. The molecule has 2 heterocycles. The highest BCUT2D eigenvalue weighted by atomic mass is 33.1. The van der Waals surface area contributed by atoms with Crippen molar-refractivity contribution in [1.82, 2.24) is 10.0 Å². The Hall–Kier alpha value is -1.91. The molecular formula is C18H22N2O6S2. The number of Topliss-reactive ketones (excluding diaryl/α,β-unsaturated/α-hetero) is 1. The van der Waals surface area contributed by atoms with Gasteiger partial charge < -0.3 is 9.57 Å². The summed E-state index contributed by atoms with van der Waals surface area (Å²) in [6.45, 7) is 0.468. The van der Waals surface area contributed by atoms with Gasteiger partial charge in [-0.3, -0.25) is 14.4 Å². The fourth-order valence-corrected chi connectivity index (χ4v) is 4.12. The Morgan fingerprint density at radius 1 is 1.07 bits per heavy atom. The average Bonchev–Trinajstić information content (AvgIpc) is 3.00. The molecule has 1 aliphatic heterocycles. The van der Waals surface area contributed by atoms with Gasteiger partial charge in [0.1, 0.15) is 10.8 Å². The smallest absolute Gasteiger partial charge is 0.335 e. The minimum absolute atomic E-state index is 0.0631. The summed E-state index contributed by atoms with van der Waals surface area (Å²) in [6.07, 6.45) is 3.30. The summed E-state index contributed by atoms with van der Waals surface area (Å²) in [6, 6.07) is 5.71. The molecule has 8 nitrogen and oxygen atoms in total. The highest BCUT2D eigenvalue weighted by Crippen LogP contribution is 2.29. The van der Waals surface area contributed by atoms with E-state index >= 15 is 0 Å². The Morgan fingerprint density at radius 3 is 2.57 bits per heavy atom. The number of pyridine rings is 1. The fourth-order valence-electron chi connectivity index (χ4n) is 2.21. The number of carbonyl (C=O) groups excluding carboxylic acids is 4. The molecule has 152 valence electrons. The van der Waals surface area contributed by atoms with Crippen molar-refractivity contribution in [2.75, 3.05) is 19.0 Å². The van der Waals surface area contributed by atoms with Crippen molar-refractivity contribution in [2.45, 2.75) is 43.6 Å². The van der Waals surface area contributed by atoms with Crippen LogP contribution in [-0.4, -0.2) is 52.6 Å². The van der Waals surface area contributed by atoms with Crippen LogP contribution in [0, 0.1) is 0 Å². The molecule has 0 aliphatic carbocycles. The minimum Gasteiger partial charge on any atom is -0.381 e. The molecule has 2 rings (SSSR count). The second-order valence-corrected chi connectivity index (χ2v) is 8.31. The third-order valence-electron chi connectivity index (χ3n) is 3.64. The third kappa shape index (κ3) is 8.41. The van der Waals surface area contributed by atoms with Gasteiger partial charge in [-0.05, 0) is 29.3 Å². The van der Waals surface area contributed by atoms with E-state index in [4.69, 9.17) is 9.57 Å². The highest BCUT2D eigenvalue weighted by Gasteiger charge is 2.32. The zero-order valence-corrected chi connectivity index (χ0v) is 17.0. The van der Waals surface area contributed by atoms with E-state index in [9.17, 15) is 19.2 Å². The maximum absolute atomic E-state index is 11.8. The lowest BCUT2D eigenvalue weighted by Gasteiger charge is -2.12. The molecule has 28 heavy (non-hydrogen) atoms. The number of hydrogen-bond donors (Lipinski definition) is 0. The molecule has 0 N–H and O–H groups in total. The number of imide groups is 1. The lowest BCUT2D eigenvalue weighted by molar-refractivity contribution is -0.198. The van der Waals surface area contributed by atoms with Gasteiger partial charge >= 0.3 is 5.97 Å². The van der Waals surface area contributed by atoms with E-state index in [2.05, 4.69) is 4.98 Å². The normalized spacial score (nSPS) is 13.8. The van der Waals surface area contributed by atoms with Crippen molar-refractivity contribution < 1.29 is 28.8 Å². The second kappa shape index (κ2) is 12.5. The Morgan fingerprint density at radius 2 is 1.86 bits per heavy atom. The number of carbonyl (C=O) groups is 4. The molecular weight excluding hydrogens is 404 g/mol. The van der Waals surface area contributed by atoms with Crippen molar-refractivity contribution in [3.8, 4) is 0 Å². The fraction of sp³-hybridized carbons (Fsp3) is 0.500. The van der Waals surface area contributed by atoms with Crippen molar-refractivity contribution >= 4 is 45.2 Å². The number of hydrogen-bond acceptors (Lipinski definition) is 9. The molecule has 1 fully saturated rings. The van der Waals surface area contributed by atoms with Crippen molar-refractivity contribution in [3.05, 3.63) is 24.4 Å². The Labute approximate surface area is 171 Å². The first-order chi connectivity index (χ1) is 13.6. The lowest BCUT2D eigenvalue weighted by atomic mass is 10.2. The summed E-state index contributed by atoms with van der Waals surface area (Å²) in [5.74, 6) is -0.810. The standard InChI is InChI=1S/C18H22N2O6S2/c21-14(9-13-27-28-15-5-1-2-10-19-15)4-3-11-25-12-8-18(24)26-20-16(22)6-7-17(20)23/h1-2,5,10H,3-4,6-9,11-13H2. The zero-order chi connectivity index (χ0) is 20.2. The van der Waals surface area contributed by atoms with E-state index < -0.39 is 17.8 Å². The molecule has 10 heteroatoms. The monoisotopic (exact) mass is 426 g/mol.